The lowest BCUT2D eigenvalue weighted by Gasteiger charge is -2.21. The van der Waals surface area contributed by atoms with Crippen LogP contribution in [0.2, 0.25) is 5.02 Å². The summed E-state index contributed by atoms with van der Waals surface area (Å²) in [4.78, 5) is 24.3. The number of hydrogen-bond donors (Lipinski definition) is 1. The van der Waals surface area contributed by atoms with Gasteiger partial charge >= 0.3 is 5.97 Å². The summed E-state index contributed by atoms with van der Waals surface area (Å²) in [5, 5.41) is 3.19. The molecule has 144 valence electrons. The summed E-state index contributed by atoms with van der Waals surface area (Å²) in [7, 11) is 2.91. The molecule has 1 N–H and O–H groups in total. The number of halogens is 1. The first kappa shape index (κ1) is 20.4. The maximum absolute atomic E-state index is 12.2. The first-order valence-corrected chi connectivity index (χ1v) is 9.31. The number of esters is 1. The van der Waals surface area contributed by atoms with Gasteiger partial charge in [-0.15, -0.1) is 0 Å². The lowest BCUT2D eigenvalue weighted by Crippen LogP contribution is -2.38. The van der Waals surface area contributed by atoms with Gasteiger partial charge in [-0.2, -0.15) is 0 Å². The molecule has 1 aromatic carbocycles. The average molecular weight is 384 g/mol. The Hall–Kier alpha value is -1.95. The number of rotatable bonds is 6. The van der Waals surface area contributed by atoms with E-state index in [4.69, 9.17) is 25.8 Å². The predicted octanol–water partition coefficient (Wildman–Crippen LogP) is 3.74. The van der Waals surface area contributed by atoms with Crippen LogP contribution in [0.1, 0.15) is 55.3 Å². The van der Waals surface area contributed by atoms with E-state index in [1.165, 1.54) is 45.6 Å². The lowest BCUT2D eigenvalue weighted by atomic mass is 9.97. The standard InChI is InChI=1S/C19H26ClNO5/c1-24-16-11-13(10-15(20)18(16)25-2)19(23)26-12-17(22)21-14-8-6-4-3-5-7-9-14/h10-11,14H,3-9,12H2,1-2H3,(H,21,22). The molecule has 0 saturated heterocycles. The van der Waals surface area contributed by atoms with Crippen molar-refractivity contribution in [2.24, 2.45) is 0 Å². The summed E-state index contributed by atoms with van der Waals surface area (Å²) in [5.41, 5.74) is 0.200. The minimum absolute atomic E-state index is 0.164. The van der Waals surface area contributed by atoms with Crippen LogP contribution in [0.5, 0.6) is 11.5 Å². The van der Waals surface area contributed by atoms with Crippen molar-refractivity contribution in [2.75, 3.05) is 20.8 Å². The number of ether oxygens (including phenoxy) is 3. The number of carbonyl (C=O) groups excluding carboxylic acids is 2. The third-order valence-electron chi connectivity index (χ3n) is 4.47. The van der Waals surface area contributed by atoms with Gasteiger partial charge in [0, 0.05) is 6.04 Å². The van der Waals surface area contributed by atoms with Crippen molar-refractivity contribution >= 4 is 23.5 Å². The van der Waals surface area contributed by atoms with Crippen LogP contribution in [0.4, 0.5) is 0 Å². The molecule has 2 rings (SSSR count). The van der Waals surface area contributed by atoms with Crippen molar-refractivity contribution in [3.05, 3.63) is 22.7 Å². The van der Waals surface area contributed by atoms with Crippen LogP contribution in [0.15, 0.2) is 12.1 Å². The summed E-state index contributed by atoms with van der Waals surface area (Å²) >= 11 is 6.09. The summed E-state index contributed by atoms with van der Waals surface area (Å²) in [6, 6.07) is 3.06. The summed E-state index contributed by atoms with van der Waals surface area (Å²) in [6.07, 6.45) is 7.88. The highest BCUT2D eigenvalue weighted by Gasteiger charge is 2.18. The second-order valence-electron chi connectivity index (χ2n) is 6.38. The first-order valence-electron chi connectivity index (χ1n) is 8.93. The van der Waals surface area contributed by atoms with E-state index < -0.39 is 5.97 Å². The van der Waals surface area contributed by atoms with Gasteiger partial charge in [0.1, 0.15) is 0 Å². The van der Waals surface area contributed by atoms with Crippen LogP contribution in [0.3, 0.4) is 0 Å². The molecule has 0 atom stereocenters. The van der Waals surface area contributed by atoms with Crippen LogP contribution in [-0.4, -0.2) is 38.7 Å². The maximum atomic E-state index is 12.2. The Kier molecular flexibility index (Phi) is 8.04. The summed E-state index contributed by atoms with van der Waals surface area (Å²) in [6.45, 7) is -0.318. The van der Waals surface area contributed by atoms with E-state index in [0.29, 0.717) is 11.5 Å². The molecule has 1 aromatic rings. The van der Waals surface area contributed by atoms with E-state index >= 15 is 0 Å². The number of carbonyl (C=O) groups is 2. The van der Waals surface area contributed by atoms with Crippen molar-refractivity contribution in [1.82, 2.24) is 5.32 Å². The zero-order valence-corrected chi connectivity index (χ0v) is 16.1. The lowest BCUT2D eigenvalue weighted by molar-refractivity contribution is -0.125. The SMILES string of the molecule is COc1cc(C(=O)OCC(=O)NC2CCCCCCC2)cc(Cl)c1OC. The van der Waals surface area contributed by atoms with Crippen molar-refractivity contribution in [2.45, 2.75) is 51.0 Å². The van der Waals surface area contributed by atoms with Gasteiger partial charge in [0.2, 0.25) is 0 Å². The fraction of sp³-hybridized carbons (Fsp3) is 0.579. The highest BCUT2D eigenvalue weighted by atomic mass is 35.5. The third-order valence-corrected chi connectivity index (χ3v) is 4.75. The molecule has 0 spiro atoms. The largest absolute Gasteiger partial charge is 0.493 e. The van der Waals surface area contributed by atoms with Crippen LogP contribution < -0.4 is 14.8 Å². The highest BCUT2D eigenvalue weighted by molar-refractivity contribution is 6.32. The van der Waals surface area contributed by atoms with Crippen LogP contribution in [-0.2, 0) is 9.53 Å². The van der Waals surface area contributed by atoms with E-state index in [2.05, 4.69) is 5.32 Å². The van der Waals surface area contributed by atoms with Gasteiger partial charge in [-0.05, 0) is 25.0 Å². The summed E-state index contributed by atoms with van der Waals surface area (Å²) in [5.74, 6) is -0.255. The summed E-state index contributed by atoms with van der Waals surface area (Å²) < 4.78 is 15.4. The number of hydrogen-bond acceptors (Lipinski definition) is 5. The minimum atomic E-state index is -0.638. The van der Waals surface area contributed by atoms with Gasteiger partial charge in [-0.3, -0.25) is 4.79 Å². The molecule has 7 heteroatoms. The second kappa shape index (κ2) is 10.3. The average Bonchev–Trinajstić information content (AvgIpc) is 2.61. The molecule has 26 heavy (non-hydrogen) atoms. The molecule has 1 saturated carbocycles. The van der Waals surface area contributed by atoms with Gasteiger partial charge in [0.15, 0.2) is 18.1 Å². The molecule has 0 aliphatic heterocycles. The van der Waals surface area contributed by atoms with Gasteiger partial charge in [-0.25, -0.2) is 4.79 Å². The molecule has 0 aromatic heterocycles. The topological polar surface area (TPSA) is 73.9 Å². The van der Waals surface area contributed by atoms with Crippen molar-refractivity contribution in [3.8, 4) is 11.5 Å². The molecular formula is C19H26ClNO5. The number of benzene rings is 1. The van der Waals surface area contributed by atoms with Crippen LogP contribution in [0.25, 0.3) is 0 Å². The smallest absolute Gasteiger partial charge is 0.338 e. The number of amides is 1. The fourth-order valence-corrected chi connectivity index (χ4v) is 3.41. The Morgan fingerprint density at radius 2 is 1.73 bits per heavy atom. The Morgan fingerprint density at radius 1 is 1.08 bits per heavy atom. The van der Waals surface area contributed by atoms with E-state index in [-0.39, 0.29) is 29.1 Å². The Morgan fingerprint density at radius 3 is 2.35 bits per heavy atom. The minimum Gasteiger partial charge on any atom is -0.493 e. The molecular weight excluding hydrogens is 358 g/mol. The van der Waals surface area contributed by atoms with Crippen molar-refractivity contribution < 1.29 is 23.8 Å². The molecule has 1 amide bonds. The van der Waals surface area contributed by atoms with E-state index in [1.54, 1.807) is 0 Å². The normalized spacial score (nSPS) is 15.5. The second-order valence-corrected chi connectivity index (χ2v) is 6.79. The molecule has 1 fully saturated rings. The quantitative estimate of drug-likeness (QED) is 0.757. The zero-order valence-electron chi connectivity index (χ0n) is 15.3. The highest BCUT2D eigenvalue weighted by Crippen LogP contribution is 2.36. The maximum Gasteiger partial charge on any atom is 0.338 e. The molecule has 0 radical (unpaired) electrons. The molecule has 0 unspecified atom stereocenters. The molecule has 1 aliphatic rings. The van der Waals surface area contributed by atoms with Gasteiger partial charge in [-0.1, -0.05) is 43.7 Å². The van der Waals surface area contributed by atoms with Crippen LogP contribution >= 0.6 is 11.6 Å². The molecule has 0 heterocycles. The van der Waals surface area contributed by atoms with E-state index in [0.717, 1.165) is 25.7 Å². The molecule has 1 aliphatic carbocycles. The monoisotopic (exact) mass is 383 g/mol. The van der Waals surface area contributed by atoms with Gasteiger partial charge in [0.05, 0.1) is 24.8 Å². The fourth-order valence-electron chi connectivity index (χ4n) is 3.12. The van der Waals surface area contributed by atoms with Gasteiger partial charge < -0.3 is 19.5 Å². The van der Waals surface area contributed by atoms with Crippen molar-refractivity contribution in [1.29, 1.82) is 0 Å². The zero-order chi connectivity index (χ0) is 18.9. The molecule has 6 nitrogen and oxygen atoms in total. The van der Waals surface area contributed by atoms with E-state index in [9.17, 15) is 9.59 Å². The third kappa shape index (κ3) is 5.80. The molecule has 0 bridgehead atoms. The number of methoxy groups -OCH3 is 2. The first-order chi connectivity index (χ1) is 12.5. The predicted molar refractivity (Wildman–Crippen MR) is 99.1 cm³/mol. The van der Waals surface area contributed by atoms with Crippen molar-refractivity contribution in [3.63, 3.8) is 0 Å². The Labute approximate surface area is 159 Å². The Balaban J connectivity index is 1.89. The van der Waals surface area contributed by atoms with Gasteiger partial charge in [0.25, 0.3) is 5.91 Å². The Bertz CT molecular complexity index is 627. The number of nitrogens with one attached hydrogen (secondary N) is 1. The van der Waals surface area contributed by atoms with E-state index in [1.807, 2.05) is 0 Å². The van der Waals surface area contributed by atoms with Crippen LogP contribution in [0, 0.1) is 0 Å².